The fraction of sp³-hybridized carbons (Fsp3) is 0.714. The second-order valence-electron chi connectivity index (χ2n) is 1.88. The summed E-state index contributed by atoms with van der Waals surface area (Å²) in [6, 6.07) is 0. The van der Waals surface area contributed by atoms with E-state index in [1.54, 1.807) is 13.8 Å². The largest absolute Gasteiger partial charge is 0.463 e. The summed E-state index contributed by atoms with van der Waals surface area (Å²) in [6.07, 6.45) is 0. The molecule has 0 spiro atoms. The van der Waals surface area contributed by atoms with E-state index < -0.39 is 5.97 Å². The maximum atomic E-state index is 10.9. The highest BCUT2D eigenvalue weighted by atomic mass is 16.7. The Morgan fingerprint density at radius 2 is 2.08 bits per heavy atom. The Labute approximate surface area is 76.8 Å². The molecule has 0 fully saturated rings. The molecule has 0 radical (unpaired) electrons. The van der Waals surface area contributed by atoms with Crippen molar-refractivity contribution in [3.8, 4) is 0 Å². The number of rotatable bonds is 4. The van der Waals surface area contributed by atoms with Crippen LogP contribution < -0.4 is 5.48 Å². The van der Waals surface area contributed by atoms with Gasteiger partial charge in [0, 0.05) is 0 Å². The molecule has 0 aromatic rings. The van der Waals surface area contributed by atoms with E-state index in [0.717, 1.165) is 0 Å². The van der Waals surface area contributed by atoms with E-state index in [0.29, 0.717) is 13.2 Å². The van der Waals surface area contributed by atoms with Crippen molar-refractivity contribution in [3.63, 3.8) is 0 Å². The molecule has 0 aliphatic rings. The number of oxime groups is 1. The maximum absolute atomic E-state index is 10.9. The fourth-order valence-corrected chi connectivity index (χ4v) is 0.464. The number of carbonyl (C=O) groups is 1. The van der Waals surface area contributed by atoms with Gasteiger partial charge in [0.2, 0.25) is 0 Å². The molecule has 0 saturated carbocycles. The predicted molar refractivity (Wildman–Crippen MR) is 45.8 cm³/mol. The van der Waals surface area contributed by atoms with E-state index in [2.05, 4.69) is 20.2 Å². The van der Waals surface area contributed by atoms with Gasteiger partial charge in [0.25, 0.3) is 5.84 Å². The molecule has 0 amide bonds. The van der Waals surface area contributed by atoms with E-state index >= 15 is 0 Å². The lowest BCUT2D eigenvalue weighted by molar-refractivity contribution is -0.133. The minimum Gasteiger partial charge on any atom is -0.463 e. The molecule has 0 unspecified atom stereocenters. The number of nitrogens with one attached hydrogen (secondary N) is 1. The Balaban J connectivity index is 4.09. The number of esters is 1. The van der Waals surface area contributed by atoms with Crippen LogP contribution in [0.4, 0.5) is 0 Å². The average molecular weight is 190 g/mol. The molecular weight excluding hydrogens is 176 g/mol. The van der Waals surface area contributed by atoms with E-state index in [4.69, 9.17) is 4.84 Å². The first-order valence-electron chi connectivity index (χ1n) is 3.92. The molecule has 6 heteroatoms. The summed E-state index contributed by atoms with van der Waals surface area (Å²) in [6.45, 7) is 4.29. The van der Waals surface area contributed by atoms with Crippen molar-refractivity contribution in [1.82, 2.24) is 5.48 Å². The van der Waals surface area contributed by atoms with E-state index in [1.807, 2.05) is 0 Å². The minimum absolute atomic E-state index is 0.105. The van der Waals surface area contributed by atoms with Gasteiger partial charge in [-0.1, -0.05) is 5.16 Å². The van der Waals surface area contributed by atoms with Crippen LogP contribution in [0.15, 0.2) is 5.16 Å². The molecule has 0 atom stereocenters. The molecule has 0 rings (SSSR count). The van der Waals surface area contributed by atoms with Gasteiger partial charge in [-0.25, -0.2) is 10.3 Å². The zero-order valence-corrected chi connectivity index (χ0v) is 7.99. The number of ether oxygens (including phenoxy) is 1. The summed E-state index contributed by atoms with van der Waals surface area (Å²) in [5.41, 5.74) is 2.31. The molecule has 0 bridgehead atoms. The van der Waals surface area contributed by atoms with Crippen LogP contribution in [-0.2, 0) is 19.2 Å². The van der Waals surface area contributed by atoms with Gasteiger partial charge in [-0.2, -0.15) is 0 Å². The van der Waals surface area contributed by atoms with E-state index in [1.165, 1.54) is 7.11 Å². The van der Waals surface area contributed by atoms with Crippen molar-refractivity contribution < 1.29 is 19.2 Å². The zero-order chi connectivity index (χ0) is 10.1. The van der Waals surface area contributed by atoms with Gasteiger partial charge >= 0.3 is 5.97 Å². The molecule has 0 aromatic heterocycles. The van der Waals surface area contributed by atoms with Crippen LogP contribution in [0.1, 0.15) is 13.8 Å². The Kier molecular flexibility index (Phi) is 6.62. The van der Waals surface area contributed by atoms with Crippen LogP contribution in [-0.4, -0.2) is 32.1 Å². The molecule has 0 heterocycles. The number of carbonyl (C=O) groups excluding carboxylic acids is 1. The van der Waals surface area contributed by atoms with Crippen LogP contribution >= 0.6 is 0 Å². The monoisotopic (exact) mass is 190 g/mol. The molecule has 6 nitrogen and oxygen atoms in total. The quantitative estimate of drug-likeness (QED) is 0.293. The van der Waals surface area contributed by atoms with Crippen LogP contribution in [0.5, 0.6) is 0 Å². The molecule has 0 aromatic carbocycles. The number of amidine groups is 1. The molecular formula is C7H14N2O4. The highest BCUT2D eigenvalue weighted by molar-refractivity contribution is 6.34. The molecule has 76 valence electrons. The fourth-order valence-electron chi connectivity index (χ4n) is 0.464. The molecule has 0 saturated heterocycles. The lowest BCUT2D eigenvalue weighted by atomic mass is 10.6. The van der Waals surface area contributed by atoms with Crippen molar-refractivity contribution in [2.45, 2.75) is 13.8 Å². The Bertz CT molecular complexity index is 181. The van der Waals surface area contributed by atoms with Crippen LogP contribution in [0.3, 0.4) is 0 Å². The summed E-state index contributed by atoms with van der Waals surface area (Å²) < 4.78 is 4.41. The maximum Gasteiger partial charge on any atom is 0.379 e. The normalized spacial score (nSPS) is 10.8. The third-order valence-electron chi connectivity index (χ3n) is 0.977. The SMILES string of the molecule is CCON=C(NOCC)C(=O)OC. The highest BCUT2D eigenvalue weighted by Gasteiger charge is 2.11. The van der Waals surface area contributed by atoms with Crippen LogP contribution in [0.2, 0.25) is 0 Å². The molecule has 1 N–H and O–H groups in total. The summed E-state index contributed by atoms with van der Waals surface area (Å²) >= 11 is 0. The van der Waals surface area contributed by atoms with Gasteiger partial charge in [0.15, 0.2) is 0 Å². The highest BCUT2D eigenvalue weighted by Crippen LogP contribution is 1.83. The number of nitrogens with zero attached hydrogens (tertiary/aromatic N) is 1. The van der Waals surface area contributed by atoms with Gasteiger partial charge < -0.3 is 9.57 Å². The predicted octanol–water partition coefficient (Wildman–Crippen LogP) is 0.0505. The molecule has 0 aliphatic carbocycles. The number of hydroxylamine groups is 1. The topological polar surface area (TPSA) is 69.1 Å². The Morgan fingerprint density at radius 3 is 2.54 bits per heavy atom. The molecule has 13 heavy (non-hydrogen) atoms. The van der Waals surface area contributed by atoms with Gasteiger partial charge in [-0.15, -0.1) is 0 Å². The average Bonchev–Trinajstić information content (AvgIpc) is 2.17. The second-order valence-corrected chi connectivity index (χ2v) is 1.88. The first-order chi connectivity index (χ1) is 6.26. The first kappa shape index (κ1) is 11.7. The lowest BCUT2D eigenvalue weighted by Crippen LogP contribution is -2.32. The number of hydrogen-bond acceptors (Lipinski definition) is 5. The Morgan fingerprint density at radius 1 is 1.38 bits per heavy atom. The van der Waals surface area contributed by atoms with Crippen LogP contribution in [0.25, 0.3) is 0 Å². The minimum atomic E-state index is -0.637. The number of methoxy groups -OCH3 is 1. The second kappa shape index (κ2) is 7.35. The smallest absolute Gasteiger partial charge is 0.379 e. The Hall–Kier alpha value is -1.30. The van der Waals surface area contributed by atoms with E-state index in [9.17, 15) is 4.79 Å². The van der Waals surface area contributed by atoms with Crippen molar-refractivity contribution >= 4 is 11.8 Å². The van der Waals surface area contributed by atoms with Crippen molar-refractivity contribution in [1.29, 1.82) is 0 Å². The van der Waals surface area contributed by atoms with Crippen molar-refractivity contribution in [2.24, 2.45) is 5.16 Å². The lowest BCUT2D eigenvalue weighted by Gasteiger charge is -2.05. The standard InChI is InChI=1S/C7H14N2O4/c1-4-12-8-6(7(10)11-3)9-13-5-2/h4-5H2,1-3H3,(H,8,9). The van der Waals surface area contributed by atoms with Gasteiger partial charge in [-0.3, -0.25) is 4.84 Å². The summed E-state index contributed by atoms with van der Waals surface area (Å²) in [5.74, 6) is -0.742. The number of hydrogen-bond donors (Lipinski definition) is 1. The first-order valence-corrected chi connectivity index (χ1v) is 3.92. The van der Waals surface area contributed by atoms with Gasteiger partial charge in [-0.05, 0) is 13.8 Å². The summed E-state index contributed by atoms with van der Waals surface area (Å²) in [7, 11) is 1.25. The van der Waals surface area contributed by atoms with Gasteiger partial charge in [0.05, 0.1) is 13.7 Å². The third kappa shape index (κ3) is 5.02. The van der Waals surface area contributed by atoms with Crippen LogP contribution in [0, 0.1) is 0 Å². The molecule has 0 aliphatic heterocycles. The third-order valence-corrected chi connectivity index (χ3v) is 0.977. The summed E-state index contributed by atoms with van der Waals surface area (Å²) in [4.78, 5) is 20.4. The zero-order valence-electron chi connectivity index (χ0n) is 7.99. The van der Waals surface area contributed by atoms with Crippen molar-refractivity contribution in [3.05, 3.63) is 0 Å². The van der Waals surface area contributed by atoms with Crippen molar-refractivity contribution in [2.75, 3.05) is 20.3 Å². The van der Waals surface area contributed by atoms with E-state index in [-0.39, 0.29) is 5.84 Å². The van der Waals surface area contributed by atoms with Gasteiger partial charge in [0.1, 0.15) is 6.61 Å². The summed E-state index contributed by atoms with van der Waals surface area (Å²) in [5, 5.41) is 3.46.